The molecule has 0 heterocycles. The molecule has 64 valence electrons. The first-order valence-electron chi connectivity index (χ1n) is 3.40. The van der Waals surface area contributed by atoms with Crippen LogP contribution in [0.5, 0.6) is 0 Å². The molecule has 4 heteroatoms. The highest BCUT2D eigenvalue weighted by Crippen LogP contribution is 2.09. The van der Waals surface area contributed by atoms with Gasteiger partial charge in [0.05, 0.1) is 0 Å². The average molecular weight is 223 g/mol. The topological polar surface area (TPSA) is 54.4 Å². The lowest BCUT2D eigenvalue weighted by Crippen LogP contribution is -2.12. The van der Waals surface area contributed by atoms with Crippen molar-refractivity contribution in [2.45, 2.75) is 31.0 Å². The number of carbonyl (C=O) groups excluding carboxylic acids is 1. The summed E-state index contributed by atoms with van der Waals surface area (Å²) >= 11 is 2.98. The number of ketones is 1. The van der Waals surface area contributed by atoms with Crippen LogP contribution in [0.1, 0.15) is 26.2 Å². The highest BCUT2D eigenvalue weighted by atomic mass is 79.9. The average Bonchev–Trinajstić information content (AvgIpc) is 1.86. The van der Waals surface area contributed by atoms with Gasteiger partial charge in [-0.05, 0) is 19.8 Å². The molecular formula is C7H11BrO3. The largest absolute Gasteiger partial charge is 0.480 e. The molecule has 0 rings (SSSR count). The molecule has 0 aliphatic carbocycles. The standard InChI is InChI=1S/C7H11BrO3/c1-5(9)3-2-4-6(8)7(10)11/h6H,2-4H2,1H3,(H,10,11). The maximum Gasteiger partial charge on any atom is 0.317 e. The molecule has 0 aliphatic heterocycles. The van der Waals surface area contributed by atoms with Crippen LogP contribution in [0, 0.1) is 0 Å². The molecule has 0 aromatic rings. The molecule has 3 nitrogen and oxygen atoms in total. The van der Waals surface area contributed by atoms with Gasteiger partial charge in [-0.3, -0.25) is 4.79 Å². The van der Waals surface area contributed by atoms with E-state index in [-0.39, 0.29) is 5.78 Å². The van der Waals surface area contributed by atoms with Crippen molar-refractivity contribution in [3.8, 4) is 0 Å². The molecule has 0 radical (unpaired) electrons. The van der Waals surface area contributed by atoms with Crippen LogP contribution in [0.3, 0.4) is 0 Å². The summed E-state index contributed by atoms with van der Waals surface area (Å²) in [5.41, 5.74) is 0. The molecule has 1 atom stereocenters. The van der Waals surface area contributed by atoms with Gasteiger partial charge in [-0.1, -0.05) is 15.9 Å². The second kappa shape index (κ2) is 5.29. The van der Waals surface area contributed by atoms with Crippen molar-refractivity contribution in [3.63, 3.8) is 0 Å². The minimum Gasteiger partial charge on any atom is -0.480 e. The molecule has 0 saturated carbocycles. The van der Waals surface area contributed by atoms with Gasteiger partial charge in [-0.2, -0.15) is 0 Å². The molecule has 0 aromatic heterocycles. The van der Waals surface area contributed by atoms with Gasteiger partial charge in [0.25, 0.3) is 0 Å². The number of Topliss-reactive ketones (excluding diaryl/α,β-unsaturated/α-hetero) is 1. The Morgan fingerprint density at radius 1 is 1.55 bits per heavy atom. The fourth-order valence-corrected chi connectivity index (χ4v) is 0.977. The highest BCUT2D eigenvalue weighted by Gasteiger charge is 2.11. The molecule has 11 heavy (non-hydrogen) atoms. The lowest BCUT2D eigenvalue weighted by atomic mass is 10.1. The van der Waals surface area contributed by atoms with Gasteiger partial charge in [0.2, 0.25) is 0 Å². The van der Waals surface area contributed by atoms with Crippen molar-refractivity contribution in [1.82, 2.24) is 0 Å². The van der Waals surface area contributed by atoms with E-state index in [0.717, 1.165) is 0 Å². The lowest BCUT2D eigenvalue weighted by Gasteiger charge is -2.01. The van der Waals surface area contributed by atoms with Crippen molar-refractivity contribution in [2.75, 3.05) is 0 Å². The molecule has 0 saturated heterocycles. The minimum absolute atomic E-state index is 0.107. The number of carboxylic acids is 1. The maximum absolute atomic E-state index is 10.4. The van der Waals surface area contributed by atoms with E-state index in [1.54, 1.807) is 0 Å². The van der Waals surface area contributed by atoms with Gasteiger partial charge in [0.15, 0.2) is 0 Å². The SMILES string of the molecule is CC(=O)CCCC(Br)C(=O)O. The van der Waals surface area contributed by atoms with E-state index in [1.165, 1.54) is 6.92 Å². The summed E-state index contributed by atoms with van der Waals surface area (Å²) < 4.78 is 0. The molecular weight excluding hydrogens is 212 g/mol. The van der Waals surface area contributed by atoms with E-state index < -0.39 is 10.8 Å². The number of aliphatic carboxylic acids is 1. The van der Waals surface area contributed by atoms with Crippen LogP contribution in [0.25, 0.3) is 0 Å². The summed E-state index contributed by atoms with van der Waals surface area (Å²) in [6, 6.07) is 0. The minimum atomic E-state index is -0.867. The molecule has 0 bridgehead atoms. The van der Waals surface area contributed by atoms with Crippen LogP contribution < -0.4 is 0 Å². The van der Waals surface area contributed by atoms with Gasteiger partial charge in [0, 0.05) is 6.42 Å². The van der Waals surface area contributed by atoms with Crippen molar-refractivity contribution in [3.05, 3.63) is 0 Å². The maximum atomic E-state index is 10.4. The number of carboxylic acid groups (broad SMARTS) is 1. The van der Waals surface area contributed by atoms with Crippen LogP contribution in [0.2, 0.25) is 0 Å². The third-order valence-corrected chi connectivity index (χ3v) is 2.10. The molecule has 0 aromatic carbocycles. The van der Waals surface area contributed by atoms with Gasteiger partial charge < -0.3 is 9.90 Å². The Kier molecular flexibility index (Phi) is 5.11. The Labute approximate surface area is 73.9 Å². The van der Waals surface area contributed by atoms with Crippen molar-refractivity contribution < 1.29 is 14.7 Å². The van der Waals surface area contributed by atoms with Crippen LogP contribution in [0.4, 0.5) is 0 Å². The zero-order valence-electron chi connectivity index (χ0n) is 6.34. The molecule has 0 amide bonds. The van der Waals surface area contributed by atoms with Crippen LogP contribution in [-0.2, 0) is 9.59 Å². The Bertz CT molecular complexity index is 156. The predicted molar refractivity (Wildman–Crippen MR) is 44.9 cm³/mol. The monoisotopic (exact) mass is 222 g/mol. The van der Waals surface area contributed by atoms with Gasteiger partial charge >= 0.3 is 5.97 Å². The number of carbonyl (C=O) groups is 2. The molecule has 0 aliphatic rings. The molecule has 1 unspecified atom stereocenters. The summed E-state index contributed by atoms with van der Waals surface area (Å²) in [7, 11) is 0. The Morgan fingerprint density at radius 3 is 2.45 bits per heavy atom. The summed E-state index contributed by atoms with van der Waals surface area (Å²) in [6.07, 6.45) is 1.61. The first-order chi connectivity index (χ1) is 5.04. The van der Waals surface area contributed by atoms with Gasteiger partial charge in [-0.25, -0.2) is 0 Å². The van der Waals surface area contributed by atoms with Crippen LogP contribution in [-0.4, -0.2) is 21.7 Å². The lowest BCUT2D eigenvalue weighted by molar-refractivity contribution is -0.136. The highest BCUT2D eigenvalue weighted by molar-refractivity contribution is 9.10. The fourth-order valence-electron chi connectivity index (χ4n) is 0.654. The number of hydrogen-bond acceptors (Lipinski definition) is 2. The summed E-state index contributed by atoms with van der Waals surface area (Å²) in [4.78, 5) is 20.2. The zero-order chi connectivity index (χ0) is 8.85. The molecule has 0 spiro atoms. The Hall–Kier alpha value is -0.380. The normalized spacial score (nSPS) is 12.5. The third kappa shape index (κ3) is 6.04. The summed E-state index contributed by atoms with van der Waals surface area (Å²) in [6.45, 7) is 1.50. The van der Waals surface area contributed by atoms with E-state index in [9.17, 15) is 9.59 Å². The van der Waals surface area contributed by atoms with Gasteiger partial charge in [-0.15, -0.1) is 0 Å². The first kappa shape index (κ1) is 10.6. The quantitative estimate of drug-likeness (QED) is 0.720. The Balaban J connectivity index is 3.39. The zero-order valence-corrected chi connectivity index (χ0v) is 7.93. The number of halogens is 1. The Morgan fingerprint density at radius 2 is 2.09 bits per heavy atom. The second-order valence-corrected chi connectivity index (χ2v) is 3.51. The van der Waals surface area contributed by atoms with E-state index in [0.29, 0.717) is 19.3 Å². The van der Waals surface area contributed by atoms with Crippen molar-refractivity contribution >= 4 is 27.7 Å². The third-order valence-electron chi connectivity index (χ3n) is 1.25. The van der Waals surface area contributed by atoms with E-state index in [4.69, 9.17) is 5.11 Å². The van der Waals surface area contributed by atoms with Crippen molar-refractivity contribution in [1.29, 1.82) is 0 Å². The number of hydrogen-bond donors (Lipinski definition) is 1. The summed E-state index contributed by atoms with van der Waals surface area (Å²) in [5, 5.41) is 8.42. The summed E-state index contributed by atoms with van der Waals surface area (Å²) in [5.74, 6) is -0.761. The fraction of sp³-hybridized carbons (Fsp3) is 0.714. The smallest absolute Gasteiger partial charge is 0.317 e. The van der Waals surface area contributed by atoms with E-state index >= 15 is 0 Å². The van der Waals surface area contributed by atoms with E-state index in [2.05, 4.69) is 15.9 Å². The van der Waals surface area contributed by atoms with Crippen molar-refractivity contribution in [2.24, 2.45) is 0 Å². The van der Waals surface area contributed by atoms with Crippen LogP contribution in [0.15, 0.2) is 0 Å². The van der Waals surface area contributed by atoms with E-state index in [1.807, 2.05) is 0 Å². The molecule has 0 fully saturated rings. The number of rotatable bonds is 5. The van der Waals surface area contributed by atoms with Gasteiger partial charge in [0.1, 0.15) is 10.6 Å². The number of alkyl halides is 1. The predicted octanol–water partition coefficient (Wildman–Crippen LogP) is 1.59. The molecule has 1 N–H and O–H groups in total. The second-order valence-electron chi connectivity index (χ2n) is 2.40. The van der Waals surface area contributed by atoms with Crippen LogP contribution >= 0.6 is 15.9 Å². The first-order valence-corrected chi connectivity index (χ1v) is 4.32.